The number of urea groups is 1. The summed E-state index contributed by atoms with van der Waals surface area (Å²) < 4.78 is 0. The highest BCUT2D eigenvalue weighted by molar-refractivity contribution is 5.75. The molecule has 0 spiro atoms. The van der Waals surface area contributed by atoms with E-state index in [4.69, 9.17) is 0 Å². The number of allylic oxidation sites excluding steroid dienone is 1. The van der Waals surface area contributed by atoms with Crippen LogP contribution in [-0.4, -0.2) is 12.6 Å². The van der Waals surface area contributed by atoms with Crippen LogP contribution in [0.5, 0.6) is 0 Å². The molecule has 0 saturated carbocycles. The molecule has 0 unspecified atom stereocenters. The highest BCUT2D eigenvalue weighted by atomic mass is 16.2. The highest BCUT2D eigenvalue weighted by Gasteiger charge is 2.12. The third-order valence-electron chi connectivity index (χ3n) is 2.01. The van der Waals surface area contributed by atoms with Crippen molar-refractivity contribution in [2.45, 2.75) is 27.7 Å². The van der Waals surface area contributed by atoms with Crippen molar-refractivity contribution in [1.82, 2.24) is 10.6 Å². The Kier molecular flexibility index (Phi) is 4.99. The molecule has 0 aliphatic heterocycles. The number of hydrogen-bond donors (Lipinski definition) is 2. The summed E-state index contributed by atoms with van der Waals surface area (Å²) in [5.41, 5.74) is 1.22. The Morgan fingerprint density at radius 2 is 2.00 bits per heavy atom. The molecule has 2 amide bonds. The first-order valence-corrected chi connectivity index (χ1v) is 4.70. The molecule has 0 saturated heterocycles. The summed E-state index contributed by atoms with van der Waals surface area (Å²) in [6.07, 6.45) is 3.37. The quantitative estimate of drug-likeness (QED) is 0.669. The Balaban J connectivity index is 4.03. The topological polar surface area (TPSA) is 41.1 Å². The lowest BCUT2D eigenvalue weighted by molar-refractivity contribution is 0.245. The molecule has 2 N–H and O–H groups in total. The van der Waals surface area contributed by atoms with Crippen molar-refractivity contribution in [3.8, 4) is 0 Å². The lowest BCUT2D eigenvalue weighted by Crippen LogP contribution is -2.32. The molecule has 0 rings (SSSR count). The van der Waals surface area contributed by atoms with E-state index in [1.807, 2.05) is 6.92 Å². The predicted molar refractivity (Wildman–Crippen MR) is 59.9 cm³/mol. The second kappa shape index (κ2) is 5.47. The van der Waals surface area contributed by atoms with Crippen LogP contribution in [-0.2, 0) is 0 Å². The highest BCUT2D eigenvalue weighted by Crippen LogP contribution is 2.23. The maximum absolute atomic E-state index is 11.1. The first-order valence-electron chi connectivity index (χ1n) is 4.70. The number of nitrogens with one attached hydrogen (secondary N) is 2. The monoisotopic (exact) mass is 196 g/mol. The minimum Gasteiger partial charge on any atom is -0.334 e. The number of carbonyl (C=O) groups is 1. The van der Waals surface area contributed by atoms with Crippen LogP contribution in [0.25, 0.3) is 0 Å². The summed E-state index contributed by atoms with van der Waals surface area (Å²) in [7, 11) is 0. The first-order chi connectivity index (χ1) is 6.38. The molecular weight excluding hydrogens is 176 g/mol. The second-order valence-electron chi connectivity index (χ2n) is 4.22. The Morgan fingerprint density at radius 1 is 1.43 bits per heavy atom. The molecule has 0 heterocycles. The van der Waals surface area contributed by atoms with Crippen LogP contribution in [0.2, 0.25) is 0 Å². The molecule has 0 bridgehead atoms. The fraction of sp³-hybridized carbons (Fsp3) is 0.545. The Hall–Kier alpha value is -1.25. The zero-order valence-corrected chi connectivity index (χ0v) is 9.48. The molecule has 0 aromatic heterocycles. The van der Waals surface area contributed by atoms with Crippen LogP contribution in [0.3, 0.4) is 0 Å². The van der Waals surface area contributed by atoms with E-state index >= 15 is 0 Å². The van der Waals surface area contributed by atoms with Crippen molar-refractivity contribution in [3.05, 3.63) is 24.4 Å². The van der Waals surface area contributed by atoms with Gasteiger partial charge < -0.3 is 10.6 Å². The fourth-order valence-electron chi connectivity index (χ4n) is 0.606. The lowest BCUT2D eigenvalue weighted by atomic mass is 9.88. The van der Waals surface area contributed by atoms with E-state index in [9.17, 15) is 4.79 Å². The van der Waals surface area contributed by atoms with E-state index < -0.39 is 0 Å². The van der Waals surface area contributed by atoms with Gasteiger partial charge in [0.25, 0.3) is 0 Å². The zero-order chi connectivity index (χ0) is 11.2. The van der Waals surface area contributed by atoms with E-state index in [-0.39, 0.29) is 11.4 Å². The van der Waals surface area contributed by atoms with Crippen LogP contribution < -0.4 is 10.6 Å². The summed E-state index contributed by atoms with van der Waals surface area (Å²) in [6, 6.07) is -0.200. The van der Waals surface area contributed by atoms with Crippen LogP contribution in [0.1, 0.15) is 27.7 Å². The molecule has 3 heteroatoms. The molecule has 14 heavy (non-hydrogen) atoms. The van der Waals surface area contributed by atoms with Crippen molar-refractivity contribution in [2.24, 2.45) is 5.41 Å². The maximum atomic E-state index is 11.1. The number of carbonyl (C=O) groups excluding carboxylic acids is 1. The van der Waals surface area contributed by atoms with E-state index in [1.165, 1.54) is 0 Å². The summed E-state index contributed by atoms with van der Waals surface area (Å²) >= 11 is 0. The van der Waals surface area contributed by atoms with Gasteiger partial charge in [-0.25, -0.2) is 4.79 Å². The summed E-state index contributed by atoms with van der Waals surface area (Å²) in [5, 5.41) is 5.29. The summed E-state index contributed by atoms with van der Waals surface area (Å²) in [4.78, 5) is 11.1. The van der Waals surface area contributed by atoms with Crippen LogP contribution in [0.4, 0.5) is 4.79 Å². The van der Waals surface area contributed by atoms with Gasteiger partial charge in [-0.1, -0.05) is 32.4 Å². The molecule has 0 atom stereocenters. The average Bonchev–Trinajstić information content (AvgIpc) is 2.09. The van der Waals surface area contributed by atoms with Crippen LogP contribution in [0.15, 0.2) is 24.4 Å². The number of amides is 2. The Labute approximate surface area is 86.3 Å². The van der Waals surface area contributed by atoms with Gasteiger partial charge in [-0.05, 0) is 12.3 Å². The van der Waals surface area contributed by atoms with Gasteiger partial charge in [0.05, 0.1) is 0 Å². The minimum atomic E-state index is -0.200. The summed E-state index contributed by atoms with van der Waals surface area (Å²) in [6.45, 7) is 12.3. The maximum Gasteiger partial charge on any atom is 0.319 e. The average molecular weight is 196 g/mol. The van der Waals surface area contributed by atoms with Gasteiger partial charge in [0.1, 0.15) is 0 Å². The van der Waals surface area contributed by atoms with Gasteiger partial charge in [0.2, 0.25) is 0 Å². The number of rotatable bonds is 3. The molecule has 0 fully saturated rings. The molecular formula is C11H20N2O. The summed E-state index contributed by atoms with van der Waals surface area (Å²) in [5.74, 6) is 0. The third-order valence-corrected chi connectivity index (χ3v) is 2.01. The molecule has 0 aromatic rings. The van der Waals surface area contributed by atoms with Crippen molar-refractivity contribution >= 4 is 6.03 Å². The second-order valence-corrected chi connectivity index (χ2v) is 4.22. The molecule has 3 nitrogen and oxygen atoms in total. The Bertz CT molecular complexity index is 236. The molecule has 0 aromatic carbocycles. The molecule has 0 radical (unpaired) electrons. The number of hydrogen-bond acceptors (Lipinski definition) is 1. The van der Waals surface area contributed by atoms with Gasteiger partial charge in [0.15, 0.2) is 0 Å². The van der Waals surface area contributed by atoms with Gasteiger partial charge in [0, 0.05) is 12.7 Å². The van der Waals surface area contributed by atoms with Gasteiger partial charge in [-0.2, -0.15) is 0 Å². The normalized spacial score (nSPS) is 12.1. The predicted octanol–water partition coefficient (Wildman–Crippen LogP) is 2.42. The third kappa shape index (κ3) is 5.41. The molecule has 80 valence electrons. The van der Waals surface area contributed by atoms with Crippen molar-refractivity contribution < 1.29 is 4.79 Å². The van der Waals surface area contributed by atoms with Crippen molar-refractivity contribution in [3.63, 3.8) is 0 Å². The Morgan fingerprint density at radius 3 is 2.43 bits per heavy atom. The standard InChI is InChI=1S/C11H20N2O/c1-6-7-12-10(14)13-8-9(2)11(3,4)5/h6,8H,1,7H2,2-5H3,(H2,12,13,14)/b9-8+. The lowest BCUT2D eigenvalue weighted by Gasteiger charge is -2.19. The van der Waals surface area contributed by atoms with E-state index in [0.29, 0.717) is 6.54 Å². The molecule has 0 aliphatic carbocycles. The SMILES string of the molecule is C=CCNC(=O)N/C=C(\C)C(C)(C)C. The zero-order valence-electron chi connectivity index (χ0n) is 9.48. The first kappa shape index (κ1) is 12.8. The minimum absolute atomic E-state index is 0.0890. The van der Waals surface area contributed by atoms with Gasteiger partial charge in [-0.15, -0.1) is 6.58 Å². The largest absolute Gasteiger partial charge is 0.334 e. The van der Waals surface area contributed by atoms with E-state index in [0.717, 1.165) is 5.57 Å². The van der Waals surface area contributed by atoms with Crippen LogP contribution in [0, 0.1) is 5.41 Å². The van der Waals surface area contributed by atoms with Crippen molar-refractivity contribution in [2.75, 3.05) is 6.54 Å². The molecule has 0 aliphatic rings. The van der Waals surface area contributed by atoms with Gasteiger partial charge in [-0.3, -0.25) is 0 Å². The van der Waals surface area contributed by atoms with Crippen LogP contribution >= 0.6 is 0 Å². The van der Waals surface area contributed by atoms with Gasteiger partial charge >= 0.3 is 6.03 Å². The van der Waals surface area contributed by atoms with Crippen molar-refractivity contribution in [1.29, 1.82) is 0 Å². The van der Waals surface area contributed by atoms with E-state index in [2.05, 4.69) is 38.0 Å². The smallest absolute Gasteiger partial charge is 0.319 e. The van der Waals surface area contributed by atoms with E-state index in [1.54, 1.807) is 12.3 Å². The fourth-order valence-corrected chi connectivity index (χ4v) is 0.606.